The fraction of sp³-hybridized carbons (Fsp3) is 0.533. The molecule has 4 nitrogen and oxygen atoms in total. The van der Waals surface area contributed by atoms with Crippen LogP contribution in [-0.4, -0.2) is 24.6 Å². The SMILES string of the molecule is Cc1ccc(OCC(=O)NC2CCC(N)CC2)cc1.Cl. The molecule has 1 aliphatic carbocycles. The Morgan fingerprint density at radius 1 is 1.25 bits per heavy atom. The molecule has 112 valence electrons. The third-order valence-corrected chi connectivity index (χ3v) is 3.53. The maximum atomic E-state index is 11.8. The van der Waals surface area contributed by atoms with E-state index >= 15 is 0 Å². The molecule has 1 aromatic carbocycles. The van der Waals surface area contributed by atoms with Crippen LogP contribution in [0.5, 0.6) is 5.75 Å². The standard InChI is InChI=1S/C15H22N2O2.ClH/c1-11-2-8-14(9-3-11)19-10-15(18)17-13-6-4-12(16)5-7-13;/h2-3,8-9,12-13H,4-7,10,16H2,1H3,(H,17,18);1H. The molecule has 1 aliphatic rings. The van der Waals surface area contributed by atoms with Crippen molar-refractivity contribution in [3.63, 3.8) is 0 Å². The minimum absolute atomic E-state index is 0. The Kier molecular flexibility index (Phi) is 6.82. The van der Waals surface area contributed by atoms with Crippen LogP contribution in [0, 0.1) is 6.92 Å². The summed E-state index contributed by atoms with van der Waals surface area (Å²) in [7, 11) is 0. The van der Waals surface area contributed by atoms with E-state index in [-0.39, 0.29) is 31.0 Å². The van der Waals surface area contributed by atoms with Crippen LogP contribution in [0.25, 0.3) is 0 Å². The highest BCUT2D eigenvalue weighted by Gasteiger charge is 2.19. The number of nitrogens with one attached hydrogen (secondary N) is 1. The summed E-state index contributed by atoms with van der Waals surface area (Å²) in [5.74, 6) is 0.674. The smallest absolute Gasteiger partial charge is 0.258 e. The second-order valence-corrected chi connectivity index (χ2v) is 5.28. The maximum Gasteiger partial charge on any atom is 0.258 e. The van der Waals surface area contributed by atoms with E-state index in [0.29, 0.717) is 6.04 Å². The van der Waals surface area contributed by atoms with Gasteiger partial charge in [0.2, 0.25) is 0 Å². The highest BCUT2D eigenvalue weighted by Crippen LogP contribution is 2.17. The van der Waals surface area contributed by atoms with Crippen LogP contribution in [-0.2, 0) is 4.79 Å². The summed E-state index contributed by atoms with van der Waals surface area (Å²) in [4.78, 5) is 11.8. The van der Waals surface area contributed by atoms with Crippen LogP contribution in [0.2, 0.25) is 0 Å². The first-order valence-electron chi connectivity index (χ1n) is 6.88. The summed E-state index contributed by atoms with van der Waals surface area (Å²) in [6.07, 6.45) is 3.92. The molecule has 0 heterocycles. The monoisotopic (exact) mass is 298 g/mol. The number of amides is 1. The van der Waals surface area contributed by atoms with Gasteiger partial charge in [-0.1, -0.05) is 17.7 Å². The summed E-state index contributed by atoms with van der Waals surface area (Å²) < 4.78 is 5.45. The van der Waals surface area contributed by atoms with Gasteiger partial charge in [-0.05, 0) is 44.7 Å². The van der Waals surface area contributed by atoms with Gasteiger partial charge >= 0.3 is 0 Å². The number of hydrogen-bond acceptors (Lipinski definition) is 3. The molecule has 0 atom stereocenters. The van der Waals surface area contributed by atoms with Crippen LogP contribution in [0.3, 0.4) is 0 Å². The zero-order valence-corrected chi connectivity index (χ0v) is 12.6. The van der Waals surface area contributed by atoms with E-state index < -0.39 is 0 Å². The summed E-state index contributed by atoms with van der Waals surface area (Å²) in [5.41, 5.74) is 7.01. The first-order chi connectivity index (χ1) is 9.13. The van der Waals surface area contributed by atoms with Crippen LogP contribution in [0.15, 0.2) is 24.3 Å². The third-order valence-electron chi connectivity index (χ3n) is 3.53. The number of carbonyl (C=O) groups is 1. The van der Waals surface area contributed by atoms with Crippen molar-refractivity contribution in [1.82, 2.24) is 5.32 Å². The molecule has 0 unspecified atom stereocenters. The molecule has 1 aromatic rings. The molecule has 5 heteroatoms. The van der Waals surface area contributed by atoms with Gasteiger partial charge in [0.25, 0.3) is 5.91 Å². The van der Waals surface area contributed by atoms with Crippen molar-refractivity contribution >= 4 is 18.3 Å². The quantitative estimate of drug-likeness (QED) is 0.895. The number of ether oxygens (including phenoxy) is 1. The van der Waals surface area contributed by atoms with Gasteiger partial charge in [0.05, 0.1) is 0 Å². The van der Waals surface area contributed by atoms with Crippen molar-refractivity contribution < 1.29 is 9.53 Å². The second kappa shape index (κ2) is 8.12. The lowest BCUT2D eigenvalue weighted by Crippen LogP contribution is -2.42. The fourth-order valence-corrected chi connectivity index (χ4v) is 2.32. The summed E-state index contributed by atoms with van der Waals surface area (Å²) in [6, 6.07) is 8.25. The maximum absolute atomic E-state index is 11.8. The zero-order chi connectivity index (χ0) is 13.7. The first kappa shape index (κ1) is 16.8. The van der Waals surface area contributed by atoms with E-state index in [1.807, 2.05) is 31.2 Å². The average molecular weight is 299 g/mol. The Morgan fingerprint density at radius 2 is 1.85 bits per heavy atom. The van der Waals surface area contributed by atoms with Crippen LogP contribution in [0.4, 0.5) is 0 Å². The molecule has 1 fully saturated rings. The van der Waals surface area contributed by atoms with E-state index in [9.17, 15) is 4.79 Å². The summed E-state index contributed by atoms with van der Waals surface area (Å²) in [5, 5.41) is 3.00. The minimum atomic E-state index is -0.0546. The molecule has 1 amide bonds. The van der Waals surface area contributed by atoms with Gasteiger partial charge in [0.1, 0.15) is 5.75 Å². The fourth-order valence-electron chi connectivity index (χ4n) is 2.32. The highest BCUT2D eigenvalue weighted by atomic mass is 35.5. The summed E-state index contributed by atoms with van der Waals surface area (Å²) in [6.45, 7) is 2.09. The van der Waals surface area contributed by atoms with E-state index in [4.69, 9.17) is 10.5 Å². The Balaban J connectivity index is 0.00000200. The molecular formula is C15H23ClN2O2. The van der Waals surface area contributed by atoms with Crippen LogP contribution < -0.4 is 15.8 Å². The Morgan fingerprint density at radius 3 is 2.45 bits per heavy atom. The summed E-state index contributed by atoms with van der Waals surface area (Å²) >= 11 is 0. The lowest BCUT2D eigenvalue weighted by atomic mass is 9.92. The van der Waals surface area contributed by atoms with Gasteiger partial charge in [0, 0.05) is 12.1 Å². The predicted molar refractivity (Wildman–Crippen MR) is 82.3 cm³/mol. The number of carbonyl (C=O) groups excluding carboxylic acids is 1. The third kappa shape index (κ3) is 5.39. The topological polar surface area (TPSA) is 64.3 Å². The molecule has 20 heavy (non-hydrogen) atoms. The molecule has 3 N–H and O–H groups in total. The molecule has 2 rings (SSSR count). The van der Waals surface area contributed by atoms with Gasteiger partial charge in [0.15, 0.2) is 6.61 Å². The van der Waals surface area contributed by atoms with Crippen LogP contribution in [0.1, 0.15) is 31.2 Å². The van der Waals surface area contributed by atoms with Crippen molar-refractivity contribution in [2.45, 2.75) is 44.7 Å². The molecule has 0 radical (unpaired) electrons. The van der Waals surface area contributed by atoms with Crippen molar-refractivity contribution in [3.8, 4) is 5.75 Å². The lowest BCUT2D eigenvalue weighted by molar-refractivity contribution is -0.124. The number of nitrogens with two attached hydrogens (primary N) is 1. The minimum Gasteiger partial charge on any atom is -0.484 e. The van der Waals surface area contributed by atoms with E-state index in [1.165, 1.54) is 5.56 Å². The molecule has 0 bridgehead atoms. The van der Waals surface area contributed by atoms with E-state index in [1.54, 1.807) is 0 Å². The highest BCUT2D eigenvalue weighted by molar-refractivity contribution is 5.85. The van der Waals surface area contributed by atoms with Crippen molar-refractivity contribution in [2.75, 3.05) is 6.61 Å². The number of benzene rings is 1. The van der Waals surface area contributed by atoms with Crippen molar-refractivity contribution in [3.05, 3.63) is 29.8 Å². The second-order valence-electron chi connectivity index (χ2n) is 5.28. The van der Waals surface area contributed by atoms with Crippen LogP contribution >= 0.6 is 12.4 Å². The molecule has 0 spiro atoms. The molecule has 0 aromatic heterocycles. The first-order valence-corrected chi connectivity index (χ1v) is 6.88. The van der Waals surface area contributed by atoms with Gasteiger partial charge in [-0.2, -0.15) is 0 Å². The average Bonchev–Trinajstić information content (AvgIpc) is 2.41. The number of halogens is 1. The zero-order valence-electron chi connectivity index (χ0n) is 11.8. The predicted octanol–water partition coefficient (Wildman–Crippen LogP) is 2.18. The number of hydrogen-bond donors (Lipinski definition) is 2. The van der Waals surface area contributed by atoms with Gasteiger partial charge < -0.3 is 15.8 Å². The molecule has 1 saturated carbocycles. The lowest BCUT2D eigenvalue weighted by Gasteiger charge is -2.26. The van der Waals surface area contributed by atoms with Gasteiger partial charge in [-0.25, -0.2) is 0 Å². The largest absolute Gasteiger partial charge is 0.484 e. The van der Waals surface area contributed by atoms with Gasteiger partial charge in [-0.15, -0.1) is 12.4 Å². The normalized spacial score (nSPS) is 21.7. The number of aryl methyl sites for hydroxylation is 1. The Labute approximate surface area is 126 Å². The Hall–Kier alpha value is -1.26. The molecule has 0 aliphatic heterocycles. The van der Waals surface area contributed by atoms with Gasteiger partial charge in [-0.3, -0.25) is 4.79 Å². The van der Waals surface area contributed by atoms with E-state index in [2.05, 4.69) is 5.32 Å². The van der Waals surface area contributed by atoms with Crippen molar-refractivity contribution in [2.24, 2.45) is 5.73 Å². The van der Waals surface area contributed by atoms with Crippen molar-refractivity contribution in [1.29, 1.82) is 0 Å². The van der Waals surface area contributed by atoms with E-state index in [0.717, 1.165) is 31.4 Å². The molecular weight excluding hydrogens is 276 g/mol. The Bertz CT molecular complexity index is 414. The number of rotatable bonds is 4. The molecule has 0 saturated heterocycles.